The van der Waals surface area contributed by atoms with Gasteiger partial charge in [-0.25, -0.2) is 0 Å². The van der Waals surface area contributed by atoms with E-state index in [0.29, 0.717) is 0 Å². The Labute approximate surface area is 115 Å². The Morgan fingerprint density at radius 2 is 1.44 bits per heavy atom. The predicted molar refractivity (Wildman–Crippen MR) is 84.3 cm³/mol. The highest BCUT2D eigenvalue weighted by Gasteiger charge is 1.89. The Morgan fingerprint density at radius 3 is 1.94 bits per heavy atom. The standard InChI is InChI=1S/C15H25I/c1-13(2)7-5-8-14(3)9-6-10-15(4)11-12-16/h7,9-10H,5-6,8,11-12H2,1-4H3/b14-9-,15-10-. The molecule has 1 heteroatoms. The van der Waals surface area contributed by atoms with Gasteiger partial charge in [-0.3, -0.25) is 0 Å². The highest BCUT2D eigenvalue weighted by atomic mass is 127. The van der Waals surface area contributed by atoms with Crippen molar-refractivity contribution in [2.24, 2.45) is 0 Å². The second-order valence-electron chi connectivity index (χ2n) is 4.60. The van der Waals surface area contributed by atoms with Crippen molar-refractivity contribution in [1.82, 2.24) is 0 Å². The molecule has 0 spiro atoms. The van der Waals surface area contributed by atoms with Crippen LogP contribution >= 0.6 is 22.6 Å². The number of allylic oxidation sites excluding steroid dienone is 6. The maximum absolute atomic E-state index is 2.43. The molecule has 0 rings (SSSR count). The van der Waals surface area contributed by atoms with Gasteiger partial charge >= 0.3 is 0 Å². The summed E-state index contributed by atoms with van der Waals surface area (Å²) in [4.78, 5) is 0. The van der Waals surface area contributed by atoms with E-state index in [1.54, 1.807) is 0 Å². The summed E-state index contributed by atoms with van der Waals surface area (Å²) in [6.45, 7) is 8.79. The van der Waals surface area contributed by atoms with Crippen molar-refractivity contribution in [3.63, 3.8) is 0 Å². The molecule has 0 fully saturated rings. The van der Waals surface area contributed by atoms with Gasteiger partial charge in [-0.2, -0.15) is 0 Å². The number of hydrogen-bond donors (Lipinski definition) is 0. The summed E-state index contributed by atoms with van der Waals surface area (Å²) < 4.78 is 1.23. The van der Waals surface area contributed by atoms with Crippen LogP contribution in [0.2, 0.25) is 0 Å². The Bertz CT molecular complexity index is 265. The first-order chi connectivity index (χ1) is 7.56. The SMILES string of the molecule is CC(C)=CCC/C(C)=C\C/C=C(/C)CCI. The summed E-state index contributed by atoms with van der Waals surface area (Å²) in [5.41, 5.74) is 4.45. The first kappa shape index (κ1) is 16.0. The van der Waals surface area contributed by atoms with Crippen molar-refractivity contribution in [2.45, 2.75) is 53.4 Å². The van der Waals surface area contributed by atoms with Crippen molar-refractivity contribution in [3.05, 3.63) is 34.9 Å². The van der Waals surface area contributed by atoms with Crippen LogP contribution in [-0.4, -0.2) is 4.43 Å². The van der Waals surface area contributed by atoms with E-state index < -0.39 is 0 Å². The number of alkyl halides is 1. The molecule has 0 radical (unpaired) electrons. The first-order valence-electron chi connectivity index (χ1n) is 6.07. The molecule has 0 N–H and O–H groups in total. The Hall–Kier alpha value is -0.0500. The van der Waals surface area contributed by atoms with E-state index >= 15 is 0 Å². The van der Waals surface area contributed by atoms with Gasteiger partial charge in [0.05, 0.1) is 0 Å². The zero-order valence-corrected chi connectivity index (χ0v) is 13.3. The normalized spacial score (nSPS) is 12.8. The Kier molecular flexibility index (Phi) is 10.1. The van der Waals surface area contributed by atoms with E-state index in [2.05, 4.69) is 68.5 Å². The monoisotopic (exact) mass is 332 g/mol. The van der Waals surface area contributed by atoms with Gasteiger partial charge in [-0.1, -0.05) is 57.5 Å². The van der Waals surface area contributed by atoms with E-state index in [1.807, 2.05) is 0 Å². The lowest BCUT2D eigenvalue weighted by molar-refractivity contribution is 0.957. The molecule has 0 saturated carbocycles. The molecule has 0 heterocycles. The minimum absolute atomic E-state index is 1.10. The van der Waals surface area contributed by atoms with Gasteiger partial charge < -0.3 is 0 Å². The second kappa shape index (κ2) is 10.1. The fourth-order valence-electron chi connectivity index (χ4n) is 1.40. The molecule has 92 valence electrons. The minimum atomic E-state index is 1.10. The third-order valence-electron chi connectivity index (χ3n) is 2.51. The summed E-state index contributed by atoms with van der Waals surface area (Å²) in [6, 6.07) is 0. The quantitative estimate of drug-likeness (QED) is 0.312. The van der Waals surface area contributed by atoms with Crippen LogP contribution in [0.15, 0.2) is 34.9 Å². The summed E-state index contributed by atoms with van der Waals surface area (Å²) >= 11 is 2.43. The molecule has 0 aliphatic rings. The van der Waals surface area contributed by atoms with Gasteiger partial charge in [0.1, 0.15) is 0 Å². The lowest BCUT2D eigenvalue weighted by Gasteiger charge is -1.99. The van der Waals surface area contributed by atoms with Crippen LogP contribution in [0, 0.1) is 0 Å². The summed E-state index contributed by atoms with van der Waals surface area (Å²) in [5.74, 6) is 0. The van der Waals surface area contributed by atoms with Gasteiger partial charge in [0.25, 0.3) is 0 Å². The largest absolute Gasteiger partial charge is 0.0860 e. The lowest BCUT2D eigenvalue weighted by Crippen LogP contribution is -1.79. The zero-order chi connectivity index (χ0) is 12.4. The van der Waals surface area contributed by atoms with Gasteiger partial charge in [-0.05, 0) is 53.4 Å². The number of halogens is 1. The van der Waals surface area contributed by atoms with Crippen LogP contribution in [0.3, 0.4) is 0 Å². The molecule has 0 aromatic heterocycles. The van der Waals surface area contributed by atoms with Crippen molar-refractivity contribution in [3.8, 4) is 0 Å². The van der Waals surface area contributed by atoms with E-state index in [-0.39, 0.29) is 0 Å². The maximum atomic E-state index is 2.43. The number of rotatable bonds is 7. The zero-order valence-electron chi connectivity index (χ0n) is 11.1. The van der Waals surface area contributed by atoms with Gasteiger partial charge in [0.2, 0.25) is 0 Å². The molecule has 0 nitrogen and oxygen atoms in total. The maximum Gasteiger partial charge on any atom is 0.00324 e. The summed E-state index contributed by atoms with van der Waals surface area (Å²) in [6.07, 6.45) is 11.7. The van der Waals surface area contributed by atoms with Crippen molar-refractivity contribution in [1.29, 1.82) is 0 Å². The summed E-state index contributed by atoms with van der Waals surface area (Å²) in [7, 11) is 0. The average Bonchev–Trinajstić information content (AvgIpc) is 2.17. The molecule has 0 bridgehead atoms. The van der Waals surface area contributed by atoms with Gasteiger partial charge in [0, 0.05) is 4.43 Å². The molecule has 0 atom stereocenters. The van der Waals surface area contributed by atoms with Crippen LogP contribution < -0.4 is 0 Å². The number of hydrogen-bond acceptors (Lipinski definition) is 0. The second-order valence-corrected chi connectivity index (χ2v) is 5.67. The molecular weight excluding hydrogens is 307 g/mol. The lowest BCUT2D eigenvalue weighted by atomic mass is 10.1. The van der Waals surface area contributed by atoms with Crippen LogP contribution in [0.4, 0.5) is 0 Å². The van der Waals surface area contributed by atoms with Crippen molar-refractivity contribution >= 4 is 22.6 Å². The van der Waals surface area contributed by atoms with Crippen molar-refractivity contribution in [2.75, 3.05) is 4.43 Å². The van der Waals surface area contributed by atoms with E-state index in [4.69, 9.17) is 0 Å². The van der Waals surface area contributed by atoms with Crippen LogP contribution in [0.1, 0.15) is 53.4 Å². The fraction of sp³-hybridized carbons (Fsp3) is 0.600. The van der Waals surface area contributed by atoms with Gasteiger partial charge in [0.15, 0.2) is 0 Å². The Morgan fingerprint density at radius 1 is 0.875 bits per heavy atom. The molecule has 0 aromatic rings. The molecule has 0 aromatic carbocycles. The third kappa shape index (κ3) is 10.5. The molecule has 0 unspecified atom stereocenters. The predicted octanol–water partition coefficient (Wildman–Crippen LogP) is 5.84. The summed E-state index contributed by atoms with van der Waals surface area (Å²) in [5, 5.41) is 0. The third-order valence-corrected chi connectivity index (χ3v) is 3.05. The fourth-order valence-corrected chi connectivity index (χ4v) is 2.25. The van der Waals surface area contributed by atoms with E-state index in [0.717, 1.165) is 6.42 Å². The first-order valence-corrected chi connectivity index (χ1v) is 7.59. The minimum Gasteiger partial charge on any atom is -0.0860 e. The molecule has 0 saturated heterocycles. The molecule has 0 aliphatic heterocycles. The van der Waals surface area contributed by atoms with Crippen molar-refractivity contribution < 1.29 is 0 Å². The highest BCUT2D eigenvalue weighted by molar-refractivity contribution is 14.1. The topological polar surface area (TPSA) is 0 Å². The average molecular weight is 332 g/mol. The smallest absolute Gasteiger partial charge is 0.00324 e. The molecule has 16 heavy (non-hydrogen) atoms. The van der Waals surface area contributed by atoms with Crippen LogP contribution in [0.25, 0.3) is 0 Å². The van der Waals surface area contributed by atoms with E-state index in [9.17, 15) is 0 Å². The molecule has 0 amide bonds. The van der Waals surface area contributed by atoms with E-state index in [1.165, 1.54) is 40.4 Å². The van der Waals surface area contributed by atoms with Crippen LogP contribution in [-0.2, 0) is 0 Å². The van der Waals surface area contributed by atoms with Gasteiger partial charge in [-0.15, -0.1) is 0 Å². The highest BCUT2D eigenvalue weighted by Crippen LogP contribution is 2.09. The van der Waals surface area contributed by atoms with Crippen LogP contribution in [0.5, 0.6) is 0 Å². The molecular formula is C15H25I. The Balaban J connectivity index is 3.87. The molecule has 0 aliphatic carbocycles.